The van der Waals surface area contributed by atoms with Crippen LogP contribution in [-0.2, 0) is 7.05 Å². The monoisotopic (exact) mass is 224 g/mol. The van der Waals surface area contributed by atoms with Crippen molar-refractivity contribution in [3.63, 3.8) is 0 Å². The number of nitrogen functional groups attached to an aromatic ring is 1. The summed E-state index contributed by atoms with van der Waals surface area (Å²) in [5.41, 5.74) is 9.30. The molecule has 0 fully saturated rings. The van der Waals surface area contributed by atoms with Crippen molar-refractivity contribution < 1.29 is 4.79 Å². The molecule has 0 saturated heterocycles. The van der Waals surface area contributed by atoms with E-state index in [1.807, 2.05) is 36.7 Å². The van der Waals surface area contributed by atoms with Gasteiger partial charge in [-0.15, -0.1) is 12.4 Å². The van der Waals surface area contributed by atoms with Gasteiger partial charge < -0.3 is 10.3 Å². The molecule has 1 aromatic heterocycles. The molecule has 0 spiro atoms. The summed E-state index contributed by atoms with van der Waals surface area (Å²) in [5, 5.41) is 1.05. The lowest BCUT2D eigenvalue weighted by molar-refractivity contribution is 0.111. The molecule has 0 radical (unpaired) electrons. The second-order valence-corrected chi connectivity index (χ2v) is 3.46. The standard InChI is InChI=1S/C11H12N2O.ClH/c1-7-9-5-8(6-14)13(2)11(9)4-3-10(7)12;/h3-6H,12H2,1-2H3;1H. The van der Waals surface area contributed by atoms with Crippen molar-refractivity contribution in [3.8, 4) is 0 Å². The average Bonchev–Trinajstić information content (AvgIpc) is 2.50. The molecule has 2 rings (SSSR count). The third-order valence-corrected chi connectivity index (χ3v) is 2.70. The van der Waals surface area contributed by atoms with E-state index in [9.17, 15) is 4.79 Å². The molecule has 1 heterocycles. The van der Waals surface area contributed by atoms with E-state index >= 15 is 0 Å². The van der Waals surface area contributed by atoms with E-state index in [0.717, 1.165) is 28.4 Å². The van der Waals surface area contributed by atoms with Crippen molar-refractivity contribution in [2.75, 3.05) is 5.73 Å². The molecule has 0 amide bonds. The highest BCUT2D eigenvalue weighted by molar-refractivity contribution is 5.93. The second kappa shape index (κ2) is 3.95. The number of anilines is 1. The molecule has 4 heteroatoms. The molecule has 0 aliphatic carbocycles. The van der Waals surface area contributed by atoms with Crippen molar-refractivity contribution in [1.29, 1.82) is 0 Å². The minimum absolute atomic E-state index is 0. The number of aldehydes is 1. The minimum Gasteiger partial charge on any atom is -0.398 e. The summed E-state index contributed by atoms with van der Waals surface area (Å²) < 4.78 is 1.87. The predicted molar refractivity (Wildman–Crippen MR) is 64.7 cm³/mol. The molecule has 1 aromatic carbocycles. The second-order valence-electron chi connectivity index (χ2n) is 3.46. The molecular formula is C11H13ClN2O. The van der Waals surface area contributed by atoms with E-state index in [1.54, 1.807) is 0 Å². The molecule has 3 nitrogen and oxygen atoms in total. The van der Waals surface area contributed by atoms with Crippen LogP contribution in [0.4, 0.5) is 5.69 Å². The average molecular weight is 225 g/mol. The van der Waals surface area contributed by atoms with Gasteiger partial charge in [0.2, 0.25) is 0 Å². The first kappa shape index (κ1) is 11.6. The van der Waals surface area contributed by atoms with Crippen LogP contribution in [0.15, 0.2) is 18.2 Å². The van der Waals surface area contributed by atoms with Gasteiger partial charge in [-0.05, 0) is 30.7 Å². The van der Waals surface area contributed by atoms with Crippen molar-refractivity contribution in [2.45, 2.75) is 6.92 Å². The highest BCUT2D eigenvalue weighted by Crippen LogP contribution is 2.25. The Labute approximate surface area is 94.3 Å². The predicted octanol–water partition coefficient (Wildman–Crippen LogP) is 2.30. The van der Waals surface area contributed by atoms with Gasteiger partial charge in [0.1, 0.15) is 0 Å². The molecule has 0 atom stereocenters. The Balaban J connectivity index is 0.00000112. The zero-order chi connectivity index (χ0) is 10.3. The normalized spacial score (nSPS) is 10.0. The molecule has 0 aliphatic rings. The fourth-order valence-electron chi connectivity index (χ4n) is 1.70. The Kier molecular flexibility index (Phi) is 3.05. The SMILES string of the molecule is Cc1c(N)ccc2c1cc(C=O)n2C.Cl. The molecule has 0 unspecified atom stereocenters. The van der Waals surface area contributed by atoms with E-state index in [4.69, 9.17) is 5.73 Å². The summed E-state index contributed by atoms with van der Waals surface area (Å²) in [6.45, 7) is 1.96. The first-order valence-corrected chi connectivity index (χ1v) is 4.45. The molecule has 0 aliphatic heterocycles. The van der Waals surface area contributed by atoms with Crippen LogP contribution in [0, 0.1) is 6.92 Å². The van der Waals surface area contributed by atoms with Gasteiger partial charge in [-0.2, -0.15) is 0 Å². The zero-order valence-corrected chi connectivity index (χ0v) is 9.47. The van der Waals surface area contributed by atoms with E-state index in [-0.39, 0.29) is 12.4 Å². The highest BCUT2D eigenvalue weighted by Gasteiger charge is 2.07. The summed E-state index contributed by atoms with van der Waals surface area (Å²) in [6.07, 6.45) is 0.857. The highest BCUT2D eigenvalue weighted by atomic mass is 35.5. The van der Waals surface area contributed by atoms with E-state index < -0.39 is 0 Å². The number of rotatable bonds is 1. The Bertz CT molecular complexity index is 517. The minimum atomic E-state index is 0. The van der Waals surface area contributed by atoms with Crippen LogP contribution in [0.2, 0.25) is 0 Å². The Morgan fingerprint density at radius 1 is 1.40 bits per heavy atom. The number of hydrogen-bond donors (Lipinski definition) is 1. The van der Waals surface area contributed by atoms with Crippen LogP contribution >= 0.6 is 12.4 Å². The van der Waals surface area contributed by atoms with Crippen molar-refractivity contribution in [3.05, 3.63) is 29.5 Å². The lowest BCUT2D eigenvalue weighted by atomic mass is 10.1. The molecule has 80 valence electrons. The van der Waals surface area contributed by atoms with Crippen LogP contribution in [0.3, 0.4) is 0 Å². The first-order valence-electron chi connectivity index (χ1n) is 4.45. The number of halogens is 1. The number of nitrogens with zero attached hydrogens (tertiary/aromatic N) is 1. The van der Waals surface area contributed by atoms with E-state index in [1.165, 1.54) is 0 Å². The van der Waals surface area contributed by atoms with Gasteiger partial charge in [-0.3, -0.25) is 4.79 Å². The summed E-state index contributed by atoms with van der Waals surface area (Å²) >= 11 is 0. The number of carbonyl (C=O) groups is 1. The van der Waals surface area contributed by atoms with Crippen molar-refractivity contribution in [2.24, 2.45) is 7.05 Å². The smallest absolute Gasteiger partial charge is 0.166 e. The number of aryl methyl sites for hydroxylation is 2. The summed E-state index contributed by atoms with van der Waals surface area (Å²) in [5.74, 6) is 0. The van der Waals surface area contributed by atoms with Crippen molar-refractivity contribution >= 4 is 35.3 Å². The Morgan fingerprint density at radius 3 is 2.67 bits per heavy atom. The number of carbonyl (C=O) groups excluding carboxylic acids is 1. The zero-order valence-electron chi connectivity index (χ0n) is 8.65. The van der Waals surface area contributed by atoms with Crippen LogP contribution in [0.25, 0.3) is 10.9 Å². The largest absolute Gasteiger partial charge is 0.398 e. The number of nitrogens with two attached hydrogens (primary N) is 1. The third kappa shape index (κ3) is 1.59. The van der Waals surface area contributed by atoms with Crippen molar-refractivity contribution in [1.82, 2.24) is 4.57 Å². The molecule has 2 aromatic rings. The molecular weight excluding hydrogens is 212 g/mol. The van der Waals surface area contributed by atoms with Crippen LogP contribution < -0.4 is 5.73 Å². The van der Waals surface area contributed by atoms with Crippen LogP contribution in [-0.4, -0.2) is 10.9 Å². The fraction of sp³-hybridized carbons (Fsp3) is 0.182. The van der Waals surface area contributed by atoms with Crippen LogP contribution in [0.5, 0.6) is 0 Å². The van der Waals surface area contributed by atoms with Gasteiger partial charge >= 0.3 is 0 Å². The van der Waals surface area contributed by atoms with E-state index in [2.05, 4.69) is 0 Å². The summed E-state index contributed by atoms with van der Waals surface area (Å²) in [7, 11) is 1.88. The summed E-state index contributed by atoms with van der Waals surface area (Å²) in [6, 6.07) is 5.67. The maximum Gasteiger partial charge on any atom is 0.166 e. The third-order valence-electron chi connectivity index (χ3n) is 2.70. The van der Waals surface area contributed by atoms with Gasteiger partial charge in [-0.25, -0.2) is 0 Å². The quantitative estimate of drug-likeness (QED) is 0.597. The molecule has 15 heavy (non-hydrogen) atoms. The number of fused-ring (bicyclic) bond motifs is 1. The van der Waals surface area contributed by atoms with Crippen LogP contribution in [0.1, 0.15) is 16.1 Å². The fourth-order valence-corrected chi connectivity index (χ4v) is 1.70. The first-order chi connectivity index (χ1) is 6.65. The number of hydrogen-bond acceptors (Lipinski definition) is 2. The lowest BCUT2D eigenvalue weighted by Gasteiger charge is -2.02. The summed E-state index contributed by atoms with van der Waals surface area (Å²) in [4.78, 5) is 10.7. The van der Waals surface area contributed by atoms with Gasteiger partial charge in [0.25, 0.3) is 0 Å². The Hall–Kier alpha value is -1.48. The molecule has 0 saturated carbocycles. The molecule has 0 bridgehead atoms. The molecule has 2 N–H and O–H groups in total. The van der Waals surface area contributed by atoms with E-state index in [0.29, 0.717) is 5.69 Å². The number of benzene rings is 1. The topological polar surface area (TPSA) is 48.0 Å². The van der Waals surface area contributed by atoms with Gasteiger partial charge in [0, 0.05) is 23.6 Å². The Morgan fingerprint density at radius 2 is 2.07 bits per heavy atom. The van der Waals surface area contributed by atoms with Gasteiger partial charge in [0.05, 0.1) is 5.69 Å². The maximum atomic E-state index is 10.7. The number of aromatic nitrogens is 1. The maximum absolute atomic E-state index is 10.7. The van der Waals surface area contributed by atoms with Gasteiger partial charge in [0.15, 0.2) is 6.29 Å². The van der Waals surface area contributed by atoms with Gasteiger partial charge in [-0.1, -0.05) is 0 Å². The lowest BCUT2D eigenvalue weighted by Crippen LogP contribution is -1.94.